The Labute approximate surface area is 155 Å². The molecule has 0 amide bonds. The van der Waals surface area contributed by atoms with Gasteiger partial charge in [0.1, 0.15) is 0 Å². The maximum atomic E-state index is 12.7. The molecule has 3 rings (SSSR count). The Morgan fingerprint density at radius 2 is 1.33 bits per heavy atom. The van der Waals surface area contributed by atoms with Crippen LogP contribution in [0.2, 0.25) is 0 Å². The minimum atomic E-state index is -0.617. The second-order valence-electron chi connectivity index (χ2n) is 6.99. The molecule has 0 aliphatic rings. The molecule has 1 aromatic carbocycles. The highest BCUT2D eigenvalue weighted by Crippen LogP contribution is 2.17. The summed E-state index contributed by atoms with van der Waals surface area (Å²) in [4.78, 5) is 50.6. The number of nitrogens with zero attached hydrogens (tertiary/aromatic N) is 2. The van der Waals surface area contributed by atoms with Gasteiger partial charge in [-0.25, -0.2) is 0 Å². The highest BCUT2D eigenvalue weighted by Gasteiger charge is 2.22. The number of aliphatic hydroxyl groups is 1. The summed E-state index contributed by atoms with van der Waals surface area (Å²) in [7, 11) is 0. The van der Waals surface area contributed by atoms with Gasteiger partial charge in [0.25, 0.3) is 22.2 Å². The van der Waals surface area contributed by atoms with Gasteiger partial charge in [-0.05, 0) is 25.0 Å². The molecule has 7 nitrogen and oxygen atoms in total. The monoisotopic (exact) mass is 372 g/mol. The van der Waals surface area contributed by atoms with Crippen LogP contribution in [0.1, 0.15) is 52.0 Å². The van der Waals surface area contributed by atoms with Crippen molar-refractivity contribution < 1.29 is 5.11 Å². The molecule has 0 aliphatic carbocycles. The molecule has 0 saturated heterocycles. The topological polar surface area (TPSA) is 98.4 Å². The van der Waals surface area contributed by atoms with Crippen molar-refractivity contribution in [2.24, 2.45) is 0 Å². The van der Waals surface area contributed by atoms with Crippen LogP contribution in [0, 0.1) is 0 Å². The molecule has 2 aromatic heterocycles. The molecule has 0 fully saturated rings. The Hall–Kier alpha value is -2.54. The zero-order valence-electron chi connectivity index (χ0n) is 15.7. The Kier molecular flexibility index (Phi) is 5.41. The van der Waals surface area contributed by atoms with Crippen LogP contribution < -0.4 is 22.2 Å². The van der Waals surface area contributed by atoms with Crippen molar-refractivity contribution in [3.05, 3.63) is 53.5 Å². The molecule has 0 radical (unpaired) electrons. The van der Waals surface area contributed by atoms with Crippen LogP contribution >= 0.6 is 0 Å². The van der Waals surface area contributed by atoms with Crippen LogP contribution in [0.25, 0.3) is 21.5 Å². The third-order valence-electron chi connectivity index (χ3n) is 5.29. The maximum Gasteiger partial charge on any atom is 0.261 e. The minimum Gasteiger partial charge on any atom is -0.394 e. The standard InChI is InChI=1S/C20H24N2O5/c1-3-5-6-7-8-21-17(24)13-9-15-16(10-14(13)18(21)25)20(27)22(19(15)26)12(4-2)11-23/h9-10,12,23H,3-8,11H2,1-2H3. The Balaban J connectivity index is 2.19. The fourth-order valence-corrected chi connectivity index (χ4v) is 3.67. The number of aliphatic hydroxyl groups excluding tert-OH is 1. The van der Waals surface area contributed by atoms with Crippen molar-refractivity contribution in [1.82, 2.24) is 9.13 Å². The van der Waals surface area contributed by atoms with Gasteiger partial charge >= 0.3 is 0 Å². The van der Waals surface area contributed by atoms with Crippen molar-refractivity contribution in [2.75, 3.05) is 6.61 Å². The van der Waals surface area contributed by atoms with Gasteiger partial charge in [0.2, 0.25) is 0 Å². The molecule has 3 aromatic rings. The van der Waals surface area contributed by atoms with E-state index in [1.54, 1.807) is 6.92 Å². The van der Waals surface area contributed by atoms with Crippen LogP contribution in [0.5, 0.6) is 0 Å². The average Bonchev–Trinajstić information content (AvgIpc) is 3.05. The highest BCUT2D eigenvalue weighted by atomic mass is 16.3. The second kappa shape index (κ2) is 7.60. The summed E-state index contributed by atoms with van der Waals surface area (Å²) < 4.78 is 2.22. The summed E-state index contributed by atoms with van der Waals surface area (Å²) in [5.41, 5.74) is -1.88. The number of unbranched alkanes of at least 4 members (excludes halogenated alkanes) is 3. The van der Waals surface area contributed by atoms with Gasteiger partial charge in [-0.1, -0.05) is 33.1 Å². The summed E-state index contributed by atoms with van der Waals surface area (Å²) in [5.74, 6) is 0. The van der Waals surface area contributed by atoms with Gasteiger partial charge in [-0.3, -0.25) is 28.3 Å². The Morgan fingerprint density at radius 1 is 0.815 bits per heavy atom. The van der Waals surface area contributed by atoms with E-state index in [0.29, 0.717) is 13.0 Å². The number of benzene rings is 1. The molecule has 1 N–H and O–H groups in total. The third-order valence-corrected chi connectivity index (χ3v) is 5.29. The van der Waals surface area contributed by atoms with E-state index in [2.05, 4.69) is 6.92 Å². The first kappa shape index (κ1) is 19.2. The lowest BCUT2D eigenvalue weighted by Crippen LogP contribution is -2.31. The van der Waals surface area contributed by atoms with Crippen LogP contribution in [-0.2, 0) is 6.54 Å². The van der Waals surface area contributed by atoms with E-state index in [1.165, 1.54) is 16.7 Å². The van der Waals surface area contributed by atoms with E-state index in [0.717, 1.165) is 30.3 Å². The van der Waals surface area contributed by atoms with Gasteiger partial charge in [0, 0.05) is 6.54 Å². The average molecular weight is 372 g/mol. The molecular weight excluding hydrogens is 348 g/mol. The lowest BCUT2D eigenvalue weighted by Gasteiger charge is -2.10. The van der Waals surface area contributed by atoms with Gasteiger partial charge in [-0.15, -0.1) is 0 Å². The van der Waals surface area contributed by atoms with Gasteiger partial charge in [0.15, 0.2) is 0 Å². The van der Waals surface area contributed by atoms with Crippen LogP contribution in [0.3, 0.4) is 0 Å². The van der Waals surface area contributed by atoms with E-state index < -0.39 is 28.3 Å². The van der Waals surface area contributed by atoms with E-state index >= 15 is 0 Å². The summed E-state index contributed by atoms with van der Waals surface area (Å²) in [6.45, 7) is 3.87. The number of fused-ring (bicyclic) bond motifs is 2. The molecular formula is C20H24N2O5. The maximum absolute atomic E-state index is 12.7. The first-order valence-electron chi connectivity index (χ1n) is 9.49. The van der Waals surface area contributed by atoms with E-state index in [-0.39, 0.29) is 28.2 Å². The molecule has 7 heteroatoms. The number of hydrogen-bond acceptors (Lipinski definition) is 5. The highest BCUT2D eigenvalue weighted by molar-refractivity contribution is 5.97. The number of hydrogen-bond donors (Lipinski definition) is 1. The molecule has 27 heavy (non-hydrogen) atoms. The van der Waals surface area contributed by atoms with Crippen molar-refractivity contribution in [3.8, 4) is 0 Å². The first-order chi connectivity index (χ1) is 13.0. The molecule has 144 valence electrons. The molecule has 1 atom stereocenters. The molecule has 0 bridgehead atoms. The third kappa shape index (κ3) is 3.06. The first-order valence-corrected chi connectivity index (χ1v) is 9.49. The van der Waals surface area contributed by atoms with Crippen LogP contribution in [-0.4, -0.2) is 20.8 Å². The van der Waals surface area contributed by atoms with Crippen molar-refractivity contribution in [3.63, 3.8) is 0 Å². The molecule has 2 heterocycles. The summed E-state index contributed by atoms with van der Waals surface area (Å²) in [6, 6.07) is 2.11. The largest absolute Gasteiger partial charge is 0.394 e. The normalized spacial score (nSPS) is 13.0. The van der Waals surface area contributed by atoms with E-state index in [4.69, 9.17) is 0 Å². The quantitative estimate of drug-likeness (QED) is 0.603. The fraction of sp³-hybridized carbons (Fsp3) is 0.500. The SMILES string of the molecule is CCCCCCn1c(=O)c2cc3c(=O)n(C(CC)CO)c(=O)c3cc2c1=O. The van der Waals surface area contributed by atoms with Gasteiger partial charge in [-0.2, -0.15) is 0 Å². The van der Waals surface area contributed by atoms with Gasteiger partial charge in [0.05, 0.1) is 34.2 Å². The van der Waals surface area contributed by atoms with E-state index in [1.807, 2.05) is 0 Å². The number of aromatic nitrogens is 2. The lowest BCUT2D eigenvalue weighted by atomic mass is 10.1. The van der Waals surface area contributed by atoms with Crippen molar-refractivity contribution in [1.29, 1.82) is 0 Å². The smallest absolute Gasteiger partial charge is 0.261 e. The summed E-state index contributed by atoms with van der Waals surface area (Å²) >= 11 is 0. The van der Waals surface area contributed by atoms with Crippen molar-refractivity contribution >= 4 is 21.5 Å². The molecule has 0 aliphatic heterocycles. The summed E-state index contributed by atoms with van der Waals surface area (Å²) in [5, 5.41) is 10.0. The van der Waals surface area contributed by atoms with Crippen LogP contribution in [0.15, 0.2) is 31.3 Å². The Morgan fingerprint density at radius 3 is 1.78 bits per heavy atom. The zero-order chi connectivity index (χ0) is 19.7. The Bertz CT molecular complexity index is 1090. The van der Waals surface area contributed by atoms with Crippen LogP contribution in [0.4, 0.5) is 0 Å². The fourth-order valence-electron chi connectivity index (χ4n) is 3.67. The predicted octanol–water partition coefficient (Wildman–Crippen LogP) is 1.44. The number of rotatable bonds is 8. The van der Waals surface area contributed by atoms with Crippen molar-refractivity contribution in [2.45, 2.75) is 58.5 Å². The lowest BCUT2D eigenvalue weighted by molar-refractivity contribution is 0.220. The molecule has 0 saturated carbocycles. The van der Waals surface area contributed by atoms with Gasteiger partial charge < -0.3 is 5.11 Å². The molecule has 1 unspecified atom stereocenters. The van der Waals surface area contributed by atoms with E-state index in [9.17, 15) is 24.3 Å². The molecule has 0 spiro atoms. The zero-order valence-corrected chi connectivity index (χ0v) is 15.7. The second-order valence-corrected chi connectivity index (χ2v) is 6.99. The predicted molar refractivity (Wildman–Crippen MR) is 105 cm³/mol. The minimum absolute atomic E-state index is 0.125. The summed E-state index contributed by atoms with van der Waals surface area (Å²) in [6.07, 6.45) is 4.19.